The molecule has 24 heavy (non-hydrogen) atoms. The van der Waals surface area contributed by atoms with E-state index in [9.17, 15) is 4.79 Å². The average molecular weight is 343 g/mol. The van der Waals surface area contributed by atoms with Gasteiger partial charge in [-0.25, -0.2) is 14.5 Å². The quantitative estimate of drug-likeness (QED) is 0.742. The minimum absolute atomic E-state index is 0.104. The number of carbonyl (C=O) groups is 1. The van der Waals surface area contributed by atoms with Crippen molar-refractivity contribution >= 4 is 23.1 Å². The van der Waals surface area contributed by atoms with Crippen LogP contribution in [0.1, 0.15) is 30.0 Å². The molecular formula is C15H17N7OS. The van der Waals surface area contributed by atoms with Gasteiger partial charge >= 0.3 is 6.03 Å². The number of urea groups is 1. The summed E-state index contributed by atoms with van der Waals surface area (Å²) in [7, 11) is 0. The van der Waals surface area contributed by atoms with E-state index in [4.69, 9.17) is 0 Å². The number of aromatic nitrogens is 5. The van der Waals surface area contributed by atoms with Crippen molar-refractivity contribution in [2.45, 2.75) is 26.3 Å². The summed E-state index contributed by atoms with van der Waals surface area (Å²) < 4.78 is 1.53. The molecule has 0 radical (unpaired) electrons. The van der Waals surface area contributed by atoms with Gasteiger partial charge in [-0.1, -0.05) is 13.0 Å². The second-order valence-electron chi connectivity index (χ2n) is 5.18. The Labute approximate surface area is 142 Å². The lowest BCUT2D eigenvalue weighted by molar-refractivity contribution is 0.248. The van der Waals surface area contributed by atoms with Crippen LogP contribution in [-0.4, -0.2) is 31.2 Å². The first-order valence-electron chi connectivity index (χ1n) is 7.48. The van der Waals surface area contributed by atoms with E-state index in [-0.39, 0.29) is 12.1 Å². The maximum Gasteiger partial charge on any atom is 0.319 e. The first-order chi connectivity index (χ1) is 11.7. The van der Waals surface area contributed by atoms with Gasteiger partial charge < -0.3 is 10.6 Å². The van der Waals surface area contributed by atoms with Crippen molar-refractivity contribution in [1.82, 2.24) is 30.5 Å². The molecule has 2 amide bonds. The summed E-state index contributed by atoms with van der Waals surface area (Å²) in [5, 5.41) is 19.7. The minimum atomic E-state index is -0.269. The lowest BCUT2D eigenvalue weighted by Crippen LogP contribution is -2.32. The maximum atomic E-state index is 12.3. The summed E-state index contributed by atoms with van der Waals surface area (Å²) in [6.45, 7) is 3.94. The zero-order chi connectivity index (χ0) is 16.9. The van der Waals surface area contributed by atoms with Gasteiger partial charge in [0, 0.05) is 17.3 Å². The molecule has 0 aliphatic carbocycles. The number of anilines is 1. The molecule has 0 saturated heterocycles. The molecule has 2 heterocycles. The molecule has 1 atom stereocenters. The van der Waals surface area contributed by atoms with Gasteiger partial charge in [0.1, 0.15) is 11.3 Å². The molecule has 0 fully saturated rings. The van der Waals surface area contributed by atoms with Crippen LogP contribution in [0.2, 0.25) is 0 Å². The first-order valence-corrected chi connectivity index (χ1v) is 8.36. The molecule has 2 aromatic heterocycles. The second-order valence-corrected chi connectivity index (χ2v) is 6.11. The van der Waals surface area contributed by atoms with Gasteiger partial charge in [-0.15, -0.1) is 16.4 Å². The van der Waals surface area contributed by atoms with Crippen LogP contribution in [-0.2, 0) is 0 Å². The molecule has 3 aromatic rings. The fourth-order valence-electron chi connectivity index (χ4n) is 2.23. The fraction of sp³-hybridized carbons (Fsp3) is 0.267. The first kappa shape index (κ1) is 16.1. The van der Waals surface area contributed by atoms with E-state index >= 15 is 0 Å². The second kappa shape index (κ2) is 7.18. The van der Waals surface area contributed by atoms with Crippen LogP contribution in [0.15, 0.2) is 36.1 Å². The molecule has 9 heteroatoms. The van der Waals surface area contributed by atoms with Crippen molar-refractivity contribution < 1.29 is 4.79 Å². The number of aryl methyl sites for hydroxylation is 1. The molecule has 0 saturated carbocycles. The molecule has 8 nitrogen and oxygen atoms in total. The van der Waals surface area contributed by atoms with E-state index in [2.05, 4.69) is 31.1 Å². The number of nitrogens with one attached hydrogen (secondary N) is 2. The number of tetrazole rings is 1. The van der Waals surface area contributed by atoms with Crippen molar-refractivity contribution in [2.75, 3.05) is 5.32 Å². The standard InChI is InChI=1S/C15H17N7OS/c1-3-12(14-16-6-7-24-14)18-15(23)19-13-8-11(5-4-10(13)2)22-9-17-20-21-22/h4-9,12H,3H2,1-2H3,(H2,18,19,23). The van der Waals surface area contributed by atoms with E-state index in [1.165, 1.54) is 22.3 Å². The van der Waals surface area contributed by atoms with E-state index in [1.807, 2.05) is 37.4 Å². The summed E-state index contributed by atoms with van der Waals surface area (Å²) >= 11 is 1.53. The van der Waals surface area contributed by atoms with E-state index in [0.717, 1.165) is 22.7 Å². The Balaban J connectivity index is 1.73. The highest BCUT2D eigenvalue weighted by atomic mass is 32.1. The lowest BCUT2D eigenvalue weighted by atomic mass is 10.2. The Bertz CT molecular complexity index is 801. The molecule has 1 unspecified atom stereocenters. The highest BCUT2D eigenvalue weighted by molar-refractivity contribution is 7.09. The highest BCUT2D eigenvalue weighted by Gasteiger charge is 2.15. The van der Waals surface area contributed by atoms with E-state index in [1.54, 1.807) is 6.20 Å². The average Bonchev–Trinajstić information content (AvgIpc) is 3.28. The molecule has 0 aliphatic heterocycles. The van der Waals surface area contributed by atoms with Crippen LogP contribution in [0.5, 0.6) is 0 Å². The Morgan fingerprint density at radius 1 is 1.42 bits per heavy atom. The van der Waals surface area contributed by atoms with Crippen molar-refractivity contribution in [3.63, 3.8) is 0 Å². The molecule has 1 aromatic carbocycles. The van der Waals surface area contributed by atoms with Crippen LogP contribution in [0.3, 0.4) is 0 Å². The van der Waals surface area contributed by atoms with Gasteiger partial charge in [0.2, 0.25) is 0 Å². The van der Waals surface area contributed by atoms with Gasteiger partial charge in [0.05, 0.1) is 11.7 Å². The maximum absolute atomic E-state index is 12.3. The van der Waals surface area contributed by atoms with Gasteiger partial charge in [-0.05, 0) is 41.5 Å². The van der Waals surface area contributed by atoms with E-state index < -0.39 is 0 Å². The van der Waals surface area contributed by atoms with Gasteiger partial charge in [0.15, 0.2) is 0 Å². The Kier molecular flexibility index (Phi) is 4.80. The topological polar surface area (TPSA) is 97.6 Å². The largest absolute Gasteiger partial charge is 0.329 e. The van der Waals surface area contributed by atoms with Crippen LogP contribution in [0, 0.1) is 6.92 Å². The summed E-state index contributed by atoms with van der Waals surface area (Å²) in [6, 6.07) is 5.25. The van der Waals surface area contributed by atoms with Crippen molar-refractivity contribution in [3.8, 4) is 5.69 Å². The molecule has 2 N–H and O–H groups in total. The third kappa shape index (κ3) is 3.57. The van der Waals surface area contributed by atoms with Crippen LogP contribution < -0.4 is 10.6 Å². The molecular weight excluding hydrogens is 326 g/mol. The fourth-order valence-corrected chi connectivity index (χ4v) is 3.00. The van der Waals surface area contributed by atoms with Gasteiger partial charge in [0.25, 0.3) is 0 Å². The van der Waals surface area contributed by atoms with Crippen LogP contribution in [0.25, 0.3) is 5.69 Å². The summed E-state index contributed by atoms with van der Waals surface area (Å²) in [6.07, 6.45) is 4.01. The number of hydrogen-bond acceptors (Lipinski definition) is 6. The number of amides is 2. The van der Waals surface area contributed by atoms with Crippen molar-refractivity contribution in [3.05, 3.63) is 46.7 Å². The van der Waals surface area contributed by atoms with Gasteiger partial charge in [-0.3, -0.25) is 0 Å². The predicted molar refractivity (Wildman–Crippen MR) is 91.2 cm³/mol. The number of carbonyl (C=O) groups excluding carboxylic acids is 1. The van der Waals surface area contributed by atoms with Crippen LogP contribution >= 0.6 is 11.3 Å². The molecule has 0 aliphatic rings. The summed E-state index contributed by atoms with van der Waals surface area (Å²) in [4.78, 5) is 16.6. The third-order valence-corrected chi connectivity index (χ3v) is 4.44. The Morgan fingerprint density at radius 2 is 2.29 bits per heavy atom. The number of rotatable bonds is 5. The summed E-state index contributed by atoms with van der Waals surface area (Å²) in [5.74, 6) is 0. The molecule has 0 bridgehead atoms. The van der Waals surface area contributed by atoms with Crippen molar-refractivity contribution in [1.29, 1.82) is 0 Å². The number of nitrogens with zero attached hydrogens (tertiary/aromatic N) is 5. The highest BCUT2D eigenvalue weighted by Crippen LogP contribution is 2.21. The SMILES string of the molecule is CCC(NC(=O)Nc1cc(-n2cnnn2)ccc1C)c1nccs1. The van der Waals surface area contributed by atoms with Crippen molar-refractivity contribution in [2.24, 2.45) is 0 Å². The number of thiazole rings is 1. The monoisotopic (exact) mass is 343 g/mol. The zero-order valence-corrected chi connectivity index (χ0v) is 14.1. The summed E-state index contributed by atoms with van der Waals surface area (Å²) in [5.41, 5.74) is 2.42. The minimum Gasteiger partial charge on any atom is -0.329 e. The van der Waals surface area contributed by atoms with E-state index in [0.29, 0.717) is 5.69 Å². The Hall–Kier alpha value is -2.81. The molecule has 0 spiro atoms. The molecule has 124 valence electrons. The Morgan fingerprint density at radius 3 is 2.96 bits per heavy atom. The van der Waals surface area contributed by atoms with Gasteiger partial charge in [-0.2, -0.15) is 0 Å². The predicted octanol–water partition coefficient (Wildman–Crippen LogP) is 2.70. The zero-order valence-electron chi connectivity index (χ0n) is 13.3. The normalized spacial score (nSPS) is 11.9. The lowest BCUT2D eigenvalue weighted by Gasteiger charge is -2.16. The number of benzene rings is 1. The smallest absolute Gasteiger partial charge is 0.319 e. The molecule has 3 rings (SSSR count). The third-order valence-electron chi connectivity index (χ3n) is 3.55. The number of hydrogen-bond donors (Lipinski definition) is 2. The van der Waals surface area contributed by atoms with Crippen LogP contribution in [0.4, 0.5) is 10.5 Å².